The third kappa shape index (κ3) is 3.19. The Morgan fingerprint density at radius 2 is 2.36 bits per heavy atom. The van der Waals surface area contributed by atoms with Crippen LogP contribution in [0.1, 0.15) is 19.4 Å². The minimum Gasteiger partial charge on any atom is -0.298 e. The molecule has 4 heteroatoms. The van der Waals surface area contributed by atoms with Gasteiger partial charge in [0.15, 0.2) is 0 Å². The average Bonchev–Trinajstić information content (AvgIpc) is 2.49. The molecule has 0 aliphatic rings. The number of aromatic nitrogens is 2. The molecular weight excluding hydrogens is 176 g/mol. The molecule has 14 heavy (non-hydrogen) atoms. The first-order valence-electron chi connectivity index (χ1n) is 4.76. The lowest BCUT2D eigenvalue weighted by atomic mass is 10.3. The first kappa shape index (κ1) is 10.7. The Labute approximate surface area is 84.5 Å². The van der Waals surface area contributed by atoms with Gasteiger partial charge in [0.25, 0.3) is 0 Å². The van der Waals surface area contributed by atoms with Crippen LogP contribution in [0.25, 0.3) is 0 Å². The summed E-state index contributed by atoms with van der Waals surface area (Å²) in [6.07, 6.45) is 3.73. The van der Waals surface area contributed by atoms with E-state index in [1.54, 1.807) is 10.9 Å². The van der Waals surface area contributed by atoms with Gasteiger partial charge < -0.3 is 0 Å². The Balaban J connectivity index is 2.53. The number of hydrogen-bond acceptors (Lipinski definition) is 3. The van der Waals surface area contributed by atoms with Crippen molar-refractivity contribution in [2.45, 2.75) is 39.4 Å². The highest BCUT2D eigenvalue weighted by Gasteiger charge is 2.09. The van der Waals surface area contributed by atoms with Crippen molar-refractivity contribution in [2.24, 2.45) is 0 Å². The second-order valence-corrected chi connectivity index (χ2v) is 3.74. The predicted octanol–water partition coefficient (Wildman–Crippen LogP) is 1.08. The molecule has 0 amide bonds. The zero-order valence-electron chi connectivity index (χ0n) is 8.86. The van der Waals surface area contributed by atoms with Gasteiger partial charge in [0, 0.05) is 12.2 Å². The van der Waals surface area contributed by atoms with Gasteiger partial charge in [0.2, 0.25) is 0 Å². The quantitative estimate of drug-likeness (QED) is 0.776. The molecule has 0 aliphatic carbocycles. The molecule has 0 spiro atoms. The van der Waals surface area contributed by atoms with Crippen molar-refractivity contribution in [3.05, 3.63) is 18.0 Å². The zero-order chi connectivity index (χ0) is 10.6. The summed E-state index contributed by atoms with van der Waals surface area (Å²) in [6, 6.07) is 2.36. The monoisotopic (exact) mass is 192 g/mol. The highest BCUT2D eigenvalue weighted by Crippen LogP contribution is 1.97. The second-order valence-electron chi connectivity index (χ2n) is 3.74. The lowest BCUT2D eigenvalue weighted by molar-refractivity contribution is 0.456. The van der Waals surface area contributed by atoms with E-state index in [1.807, 2.05) is 27.0 Å². The summed E-state index contributed by atoms with van der Waals surface area (Å²) in [4.78, 5) is 0. The summed E-state index contributed by atoms with van der Waals surface area (Å²) in [6.45, 7) is 6.64. The summed E-state index contributed by atoms with van der Waals surface area (Å²) in [5.74, 6) is 0. The van der Waals surface area contributed by atoms with E-state index in [2.05, 4.69) is 16.5 Å². The van der Waals surface area contributed by atoms with Gasteiger partial charge in [-0.1, -0.05) is 0 Å². The van der Waals surface area contributed by atoms with E-state index in [0.29, 0.717) is 12.6 Å². The first-order chi connectivity index (χ1) is 6.61. The maximum atomic E-state index is 8.89. The van der Waals surface area contributed by atoms with Crippen molar-refractivity contribution in [2.75, 3.05) is 0 Å². The largest absolute Gasteiger partial charge is 0.298 e. The summed E-state index contributed by atoms with van der Waals surface area (Å²) in [5, 5.41) is 16.2. The van der Waals surface area contributed by atoms with Crippen LogP contribution in [0.15, 0.2) is 12.4 Å². The number of nitrogens with one attached hydrogen (secondary N) is 1. The van der Waals surface area contributed by atoms with Crippen molar-refractivity contribution in [1.82, 2.24) is 15.1 Å². The van der Waals surface area contributed by atoms with Gasteiger partial charge in [-0.3, -0.25) is 10.00 Å². The van der Waals surface area contributed by atoms with Crippen molar-refractivity contribution < 1.29 is 0 Å². The standard InChI is InChI=1S/C10H16N4/c1-8(2)13-10(4-11)7-14-6-9(3)5-12-14/h5-6,8,10,13H,7H2,1-3H3. The smallest absolute Gasteiger partial charge is 0.115 e. The molecular formula is C10H16N4. The number of aryl methyl sites for hydroxylation is 1. The third-order valence-corrected chi connectivity index (χ3v) is 1.82. The Bertz CT molecular complexity index is 321. The molecule has 1 aromatic heterocycles. The maximum absolute atomic E-state index is 8.89. The fraction of sp³-hybridized carbons (Fsp3) is 0.600. The summed E-state index contributed by atoms with van der Waals surface area (Å²) >= 11 is 0. The number of nitrogens with zero attached hydrogens (tertiary/aromatic N) is 3. The van der Waals surface area contributed by atoms with E-state index in [0.717, 1.165) is 5.56 Å². The fourth-order valence-electron chi connectivity index (χ4n) is 1.29. The van der Waals surface area contributed by atoms with Gasteiger partial charge in [0.1, 0.15) is 6.04 Å². The van der Waals surface area contributed by atoms with Gasteiger partial charge in [-0.15, -0.1) is 0 Å². The second kappa shape index (κ2) is 4.77. The zero-order valence-corrected chi connectivity index (χ0v) is 8.86. The number of rotatable bonds is 4. The van der Waals surface area contributed by atoms with Crippen LogP contribution in [0, 0.1) is 18.3 Å². The van der Waals surface area contributed by atoms with E-state index < -0.39 is 0 Å². The average molecular weight is 192 g/mol. The van der Waals surface area contributed by atoms with Crippen molar-refractivity contribution in [3.63, 3.8) is 0 Å². The van der Waals surface area contributed by atoms with E-state index in [4.69, 9.17) is 5.26 Å². The molecule has 76 valence electrons. The molecule has 0 radical (unpaired) electrons. The molecule has 1 atom stereocenters. The van der Waals surface area contributed by atoms with Gasteiger partial charge in [0.05, 0.1) is 18.8 Å². The minimum atomic E-state index is -0.172. The van der Waals surface area contributed by atoms with Crippen LogP contribution in [0.4, 0.5) is 0 Å². The molecule has 0 saturated carbocycles. The molecule has 1 N–H and O–H groups in total. The van der Waals surface area contributed by atoms with Crippen LogP contribution in [-0.2, 0) is 6.54 Å². The van der Waals surface area contributed by atoms with Crippen LogP contribution < -0.4 is 5.32 Å². The maximum Gasteiger partial charge on any atom is 0.115 e. The molecule has 1 unspecified atom stereocenters. The van der Waals surface area contributed by atoms with Gasteiger partial charge >= 0.3 is 0 Å². The van der Waals surface area contributed by atoms with E-state index in [-0.39, 0.29) is 6.04 Å². The van der Waals surface area contributed by atoms with Crippen molar-refractivity contribution in [3.8, 4) is 6.07 Å². The number of nitriles is 1. The number of hydrogen-bond donors (Lipinski definition) is 1. The normalized spacial score (nSPS) is 12.8. The van der Waals surface area contributed by atoms with Crippen molar-refractivity contribution in [1.29, 1.82) is 5.26 Å². The summed E-state index contributed by atoms with van der Waals surface area (Å²) in [5.41, 5.74) is 1.12. The third-order valence-electron chi connectivity index (χ3n) is 1.82. The Hall–Kier alpha value is -1.34. The fourth-order valence-corrected chi connectivity index (χ4v) is 1.29. The van der Waals surface area contributed by atoms with Gasteiger partial charge in [-0.05, 0) is 26.3 Å². The molecule has 0 aliphatic heterocycles. The summed E-state index contributed by atoms with van der Waals surface area (Å²) in [7, 11) is 0. The molecule has 0 fully saturated rings. The predicted molar refractivity (Wildman–Crippen MR) is 54.6 cm³/mol. The van der Waals surface area contributed by atoms with E-state index in [1.165, 1.54) is 0 Å². The van der Waals surface area contributed by atoms with Crippen LogP contribution >= 0.6 is 0 Å². The van der Waals surface area contributed by atoms with Gasteiger partial charge in [-0.2, -0.15) is 10.4 Å². The molecule has 1 aromatic rings. The summed E-state index contributed by atoms with van der Waals surface area (Å²) < 4.78 is 1.79. The molecule has 0 saturated heterocycles. The van der Waals surface area contributed by atoms with Crippen LogP contribution in [-0.4, -0.2) is 21.9 Å². The molecule has 1 heterocycles. The van der Waals surface area contributed by atoms with Crippen LogP contribution in [0.3, 0.4) is 0 Å². The molecule has 4 nitrogen and oxygen atoms in total. The van der Waals surface area contributed by atoms with Crippen LogP contribution in [0.5, 0.6) is 0 Å². The van der Waals surface area contributed by atoms with E-state index in [9.17, 15) is 0 Å². The SMILES string of the molecule is Cc1cnn(CC(C#N)NC(C)C)c1. The highest BCUT2D eigenvalue weighted by atomic mass is 15.3. The van der Waals surface area contributed by atoms with E-state index >= 15 is 0 Å². The Morgan fingerprint density at radius 3 is 2.79 bits per heavy atom. The molecule has 0 aromatic carbocycles. The molecule has 0 bridgehead atoms. The van der Waals surface area contributed by atoms with Gasteiger partial charge in [-0.25, -0.2) is 0 Å². The van der Waals surface area contributed by atoms with Crippen molar-refractivity contribution >= 4 is 0 Å². The lowest BCUT2D eigenvalue weighted by Gasteiger charge is -2.14. The lowest BCUT2D eigenvalue weighted by Crippen LogP contribution is -2.36. The Morgan fingerprint density at radius 1 is 1.64 bits per heavy atom. The Kier molecular flexibility index (Phi) is 3.66. The minimum absolute atomic E-state index is 0.172. The van der Waals surface area contributed by atoms with Crippen LogP contribution in [0.2, 0.25) is 0 Å². The highest BCUT2D eigenvalue weighted by molar-refractivity contribution is 5.01. The molecule has 1 rings (SSSR count). The topological polar surface area (TPSA) is 53.6 Å². The first-order valence-corrected chi connectivity index (χ1v) is 4.76.